The highest BCUT2D eigenvalue weighted by atomic mass is 16.5. The number of aryl methyl sites for hydroxylation is 1. The number of hydrogen-bond acceptors (Lipinski definition) is 2. The molecule has 0 saturated heterocycles. The lowest BCUT2D eigenvalue weighted by atomic mass is 10.2. The van der Waals surface area contributed by atoms with E-state index in [-0.39, 0.29) is 0 Å². The molecule has 0 aliphatic carbocycles. The second-order valence-electron chi connectivity index (χ2n) is 2.52. The maximum atomic E-state index is 4.97. The van der Waals surface area contributed by atoms with E-state index in [9.17, 15) is 0 Å². The van der Waals surface area contributed by atoms with Crippen LogP contribution in [0.25, 0.3) is 0 Å². The summed E-state index contributed by atoms with van der Waals surface area (Å²) in [5, 5.41) is 2.75. The summed E-state index contributed by atoms with van der Waals surface area (Å²) < 4.78 is 4.97. The van der Waals surface area contributed by atoms with Crippen LogP contribution in [0.1, 0.15) is 19.4 Å². The fraction of sp³-hybridized carbons (Fsp3) is 0.500. The molecule has 0 amide bonds. The Morgan fingerprint density at radius 2 is 1.36 bits per heavy atom. The second kappa shape index (κ2) is 12.0. The third-order valence-corrected chi connectivity index (χ3v) is 1.26. The van der Waals surface area contributed by atoms with Gasteiger partial charge in [-0.3, -0.25) is 0 Å². The average molecular weight is 197 g/mol. The van der Waals surface area contributed by atoms with Crippen molar-refractivity contribution in [3.05, 3.63) is 29.8 Å². The average Bonchev–Trinajstić information content (AvgIpc) is 2.23. The first kappa shape index (κ1) is 15.5. The van der Waals surface area contributed by atoms with Gasteiger partial charge in [0.25, 0.3) is 0 Å². The van der Waals surface area contributed by atoms with Gasteiger partial charge in [0.2, 0.25) is 0 Å². The van der Waals surface area contributed by atoms with E-state index in [2.05, 4.69) is 12.2 Å². The summed E-state index contributed by atoms with van der Waals surface area (Å²) in [7, 11) is 5.42. The standard InChI is InChI=1S/C8H10O.C2H7N.C2H6/c1-7-3-5-8(9-2)6-4-7;1-3-2;1-2/h3-6H,1-2H3;3H,1-2H3;1-2H3. The van der Waals surface area contributed by atoms with E-state index in [1.54, 1.807) is 7.11 Å². The first-order valence-electron chi connectivity index (χ1n) is 4.93. The van der Waals surface area contributed by atoms with E-state index in [0.29, 0.717) is 0 Å². The Morgan fingerprint density at radius 1 is 1.00 bits per heavy atom. The van der Waals surface area contributed by atoms with Crippen molar-refractivity contribution < 1.29 is 4.74 Å². The van der Waals surface area contributed by atoms with E-state index in [4.69, 9.17) is 4.74 Å². The van der Waals surface area contributed by atoms with E-state index in [1.165, 1.54) is 5.56 Å². The van der Waals surface area contributed by atoms with Crippen molar-refractivity contribution in [1.29, 1.82) is 0 Å². The Kier molecular flexibility index (Phi) is 13.2. The van der Waals surface area contributed by atoms with Crippen molar-refractivity contribution in [2.24, 2.45) is 0 Å². The molecule has 1 aromatic rings. The van der Waals surface area contributed by atoms with Crippen LogP contribution in [-0.4, -0.2) is 21.2 Å². The van der Waals surface area contributed by atoms with Crippen LogP contribution in [-0.2, 0) is 0 Å². The monoisotopic (exact) mass is 197 g/mol. The predicted octanol–water partition coefficient (Wildman–Crippen LogP) is 2.87. The van der Waals surface area contributed by atoms with E-state index >= 15 is 0 Å². The van der Waals surface area contributed by atoms with Crippen LogP contribution in [0.15, 0.2) is 24.3 Å². The topological polar surface area (TPSA) is 21.3 Å². The Morgan fingerprint density at radius 3 is 1.64 bits per heavy atom. The quantitative estimate of drug-likeness (QED) is 0.747. The molecule has 0 aromatic heterocycles. The van der Waals surface area contributed by atoms with Gasteiger partial charge in [-0.15, -0.1) is 0 Å². The first-order valence-corrected chi connectivity index (χ1v) is 4.93. The number of rotatable bonds is 1. The van der Waals surface area contributed by atoms with E-state index in [1.807, 2.05) is 52.2 Å². The van der Waals surface area contributed by atoms with Crippen molar-refractivity contribution in [1.82, 2.24) is 5.32 Å². The lowest BCUT2D eigenvalue weighted by molar-refractivity contribution is 0.414. The molecule has 0 bridgehead atoms. The molecule has 1 rings (SSSR count). The molecule has 0 aliphatic rings. The minimum absolute atomic E-state index is 0.917. The van der Waals surface area contributed by atoms with Crippen molar-refractivity contribution in [3.63, 3.8) is 0 Å². The van der Waals surface area contributed by atoms with Crippen molar-refractivity contribution >= 4 is 0 Å². The maximum Gasteiger partial charge on any atom is 0.118 e. The summed E-state index contributed by atoms with van der Waals surface area (Å²) in [6.07, 6.45) is 0. The predicted molar refractivity (Wildman–Crippen MR) is 64.1 cm³/mol. The first-order chi connectivity index (χ1) is 6.74. The van der Waals surface area contributed by atoms with Crippen LogP contribution in [0.5, 0.6) is 5.75 Å². The van der Waals surface area contributed by atoms with Gasteiger partial charge in [-0.05, 0) is 33.2 Å². The van der Waals surface area contributed by atoms with E-state index < -0.39 is 0 Å². The Balaban J connectivity index is 0. The molecule has 1 aromatic carbocycles. The molecule has 0 unspecified atom stereocenters. The third kappa shape index (κ3) is 9.07. The van der Waals surface area contributed by atoms with Crippen molar-refractivity contribution in [2.45, 2.75) is 20.8 Å². The third-order valence-electron chi connectivity index (χ3n) is 1.26. The van der Waals surface area contributed by atoms with Gasteiger partial charge < -0.3 is 10.1 Å². The van der Waals surface area contributed by atoms with Crippen LogP contribution >= 0.6 is 0 Å². The van der Waals surface area contributed by atoms with Crippen molar-refractivity contribution in [2.75, 3.05) is 21.2 Å². The fourth-order valence-electron chi connectivity index (χ4n) is 0.674. The Hall–Kier alpha value is -1.02. The summed E-state index contributed by atoms with van der Waals surface area (Å²) in [4.78, 5) is 0. The van der Waals surface area contributed by atoms with Crippen LogP contribution in [0.4, 0.5) is 0 Å². The normalized spacial score (nSPS) is 7.57. The largest absolute Gasteiger partial charge is 0.497 e. The Labute approximate surface area is 88.3 Å². The van der Waals surface area contributed by atoms with Gasteiger partial charge in [0.1, 0.15) is 5.75 Å². The van der Waals surface area contributed by atoms with Crippen molar-refractivity contribution in [3.8, 4) is 5.75 Å². The molecule has 2 nitrogen and oxygen atoms in total. The molecular formula is C12H23NO. The smallest absolute Gasteiger partial charge is 0.118 e. The van der Waals surface area contributed by atoms with Crippen LogP contribution < -0.4 is 10.1 Å². The van der Waals surface area contributed by atoms with Gasteiger partial charge in [0, 0.05) is 0 Å². The summed E-state index contributed by atoms with van der Waals surface area (Å²) in [5.74, 6) is 0.917. The highest BCUT2D eigenvalue weighted by Crippen LogP contribution is 2.09. The summed E-state index contributed by atoms with van der Waals surface area (Å²) >= 11 is 0. The molecular weight excluding hydrogens is 174 g/mol. The number of benzene rings is 1. The molecule has 1 N–H and O–H groups in total. The zero-order chi connectivity index (χ0) is 11.4. The zero-order valence-corrected chi connectivity index (χ0v) is 10.2. The summed E-state index contributed by atoms with van der Waals surface area (Å²) in [5.41, 5.74) is 1.26. The lowest BCUT2D eigenvalue weighted by Gasteiger charge is -1.97. The van der Waals surface area contributed by atoms with Crippen LogP contribution in [0.2, 0.25) is 0 Å². The zero-order valence-electron chi connectivity index (χ0n) is 10.2. The van der Waals surface area contributed by atoms with Gasteiger partial charge >= 0.3 is 0 Å². The number of hydrogen-bond donors (Lipinski definition) is 1. The summed E-state index contributed by atoms with van der Waals surface area (Å²) in [6.45, 7) is 6.06. The number of methoxy groups -OCH3 is 1. The highest BCUT2D eigenvalue weighted by molar-refractivity contribution is 5.25. The minimum Gasteiger partial charge on any atom is -0.497 e. The molecule has 0 aliphatic heterocycles. The molecule has 0 heterocycles. The van der Waals surface area contributed by atoms with E-state index in [0.717, 1.165) is 5.75 Å². The molecule has 82 valence electrons. The number of ether oxygens (including phenoxy) is 1. The van der Waals surface area contributed by atoms with Gasteiger partial charge in [-0.2, -0.15) is 0 Å². The highest BCUT2D eigenvalue weighted by Gasteiger charge is 1.85. The molecule has 0 spiro atoms. The van der Waals surface area contributed by atoms with Gasteiger partial charge in [0.05, 0.1) is 7.11 Å². The number of nitrogens with one attached hydrogen (secondary N) is 1. The van der Waals surface area contributed by atoms with Crippen LogP contribution in [0.3, 0.4) is 0 Å². The lowest BCUT2D eigenvalue weighted by Crippen LogP contribution is -1.89. The fourth-order valence-corrected chi connectivity index (χ4v) is 0.674. The van der Waals surface area contributed by atoms with Gasteiger partial charge in [0.15, 0.2) is 0 Å². The Bertz CT molecular complexity index is 194. The molecule has 14 heavy (non-hydrogen) atoms. The minimum atomic E-state index is 0.917. The molecule has 0 atom stereocenters. The second-order valence-corrected chi connectivity index (χ2v) is 2.52. The van der Waals surface area contributed by atoms with Gasteiger partial charge in [-0.25, -0.2) is 0 Å². The molecule has 0 radical (unpaired) electrons. The molecule has 2 heteroatoms. The van der Waals surface area contributed by atoms with Crippen LogP contribution in [0, 0.1) is 6.92 Å². The molecule has 0 fully saturated rings. The van der Waals surface area contributed by atoms with Gasteiger partial charge in [-0.1, -0.05) is 31.5 Å². The molecule has 0 saturated carbocycles. The SMILES string of the molecule is CC.CNC.COc1ccc(C)cc1. The maximum absolute atomic E-state index is 4.97. The summed E-state index contributed by atoms with van der Waals surface area (Å²) in [6, 6.07) is 7.96.